The van der Waals surface area contributed by atoms with Crippen LogP contribution in [0.2, 0.25) is 0 Å². The average molecular weight is 413 g/mol. The molecule has 0 bridgehead atoms. The van der Waals surface area contributed by atoms with Crippen LogP contribution in [0.15, 0.2) is 51.4 Å². The van der Waals surface area contributed by atoms with Crippen molar-refractivity contribution >= 4 is 38.5 Å². The van der Waals surface area contributed by atoms with Gasteiger partial charge in [0, 0.05) is 33.6 Å². The molecule has 26 heavy (non-hydrogen) atoms. The van der Waals surface area contributed by atoms with E-state index in [0.717, 1.165) is 15.4 Å². The Kier molecular flexibility index (Phi) is 5.59. The van der Waals surface area contributed by atoms with Gasteiger partial charge in [-0.3, -0.25) is 4.79 Å². The highest BCUT2D eigenvalue weighted by Gasteiger charge is 2.18. The molecule has 3 aromatic rings. The minimum Gasteiger partial charge on any atom is -0.493 e. The van der Waals surface area contributed by atoms with Gasteiger partial charge in [-0.25, -0.2) is 0 Å². The summed E-state index contributed by atoms with van der Waals surface area (Å²) in [4.78, 5) is 12.6. The lowest BCUT2D eigenvalue weighted by Gasteiger charge is -2.08. The topological polar surface area (TPSA) is 75.3 Å². The van der Waals surface area contributed by atoms with Crippen molar-refractivity contribution in [2.24, 2.45) is 0 Å². The van der Waals surface area contributed by atoms with Gasteiger partial charge in [0.05, 0.1) is 12.7 Å². The fourth-order valence-electron chi connectivity index (χ4n) is 2.60. The fraction of sp³-hybridized carbons (Fsp3) is 0.200. The van der Waals surface area contributed by atoms with Crippen molar-refractivity contribution in [2.75, 3.05) is 11.9 Å². The van der Waals surface area contributed by atoms with Crippen LogP contribution in [0, 0.1) is 18.3 Å². The summed E-state index contributed by atoms with van der Waals surface area (Å²) in [5.41, 5.74) is 2.09. The summed E-state index contributed by atoms with van der Waals surface area (Å²) < 4.78 is 12.2. The molecule has 2 aromatic carbocycles. The molecule has 6 heteroatoms. The fourth-order valence-corrected chi connectivity index (χ4v) is 2.96. The minimum atomic E-state index is -0.309. The van der Waals surface area contributed by atoms with Crippen LogP contribution in [0.4, 0.5) is 5.69 Å². The molecule has 0 atom stereocenters. The van der Waals surface area contributed by atoms with Gasteiger partial charge in [-0.2, -0.15) is 5.26 Å². The lowest BCUT2D eigenvalue weighted by molar-refractivity contribution is 0.0998. The Labute approximate surface area is 159 Å². The largest absolute Gasteiger partial charge is 0.493 e. The number of amides is 1. The molecular weight excluding hydrogens is 396 g/mol. The summed E-state index contributed by atoms with van der Waals surface area (Å²) in [5.74, 6) is 0.626. The molecule has 0 radical (unpaired) electrons. The quantitative estimate of drug-likeness (QED) is 0.546. The number of halogens is 1. The molecule has 1 amide bonds. The number of carbonyl (C=O) groups is 1. The Morgan fingerprint density at radius 3 is 2.96 bits per heavy atom. The van der Waals surface area contributed by atoms with Gasteiger partial charge >= 0.3 is 0 Å². The minimum absolute atomic E-state index is 0.290. The number of furan rings is 1. The van der Waals surface area contributed by atoms with Crippen LogP contribution in [-0.4, -0.2) is 12.5 Å². The van der Waals surface area contributed by atoms with Crippen molar-refractivity contribution < 1.29 is 13.9 Å². The standard InChI is InChI=1S/C20H17BrN2O3/c1-13-17-11-14(21)7-8-18(17)26-19(13)20(24)23-15-5-4-6-16(12-15)25-10-3-2-9-22/h4-8,11-12H,2-3,10H2,1H3,(H,23,24). The van der Waals surface area contributed by atoms with E-state index in [9.17, 15) is 4.79 Å². The third kappa shape index (κ3) is 4.06. The van der Waals surface area contributed by atoms with Crippen molar-refractivity contribution in [3.05, 3.63) is 58.3 Å². The van der Waals surface area contributed by atoms with Crippen LogP contribution in [0.5, 0.6) is 5.75 Å². The third-order valence-corrected chi connectivity index (χ3v) is 4.39. The second kappa shape index (κ2) is 8.07. The van der Waals surface area contributed by atoms with Gasteiger partial charge in [0.25, 0.3) is 5.91 Å². The number of aryl methyl sites for hydroxylation is 1. The monoisotopic (exact) mass is 412 g/mol. The van der Waals surface area contributed by atoms with Crippen molar-refractivity contribution in [3.8, 4) is 11.8 Å². The van der Waals surface area contributed by atoms with Gasteiger partial charge in [0.15, 0.2) is 5.76 Å². The number of hydrogen-bond acceptors (Lipinski definition) is 4. The first-order valence-electron chi connectivity index (χ1n) is 8.18. The summed E-state index contributed by atoms with van der Waals surface area (Å²) >= 11 is 3.43. The predicted molar refractivity (Wildman–Crippen MR) is 103 cm³/mol. The van der Waals surface area contributed by atoms with Crippen molar-refractivity contribution in [1.82, 2.24) is 0 Å². The van der Waals surface area contributed by atoms with Gasteiger partial charge in [-0.15, -0.1) is 0 Å². The highest BCUT2D eigenvalue weighted by atomic mass is 79.9. The van der Waals surface area contributed by atoms with Crippen molar-refractivity contribution in [1.29, 1.82) is 5.26 Å². The maximum absolute atomic E-state index is 12.6. The zero-order chi connectivity index (χ0) is 18.5. The summed E-state index contributed by atoms with van der Waals surface area (Å²) in [7, 11) is 0. The zero-order valence-electron chi connectivity index (χ0n) is 14.2. The molecule has 1 aromatic heterocycles. The first-order chi connectivity index (χ1) is 12.6. The van der Waals surface area contributed by atoms with Crippen LogP contribution < -0.4 is 10.1 Å². The van der Waals surface area contributed by atoms with Gasteiger partial charge in [-0.1, -0.05) is 22.0 Å². The Morgan fingerprint density at radius 1 is 1.31 bits per heavy atom. The van der Waals surface area contributed by atoms with Crippen LogP contribution in [0.1, 0.15) is 29.0 Å². The second-order valence-electron chi connectivity index (χ2n) is 5.79. The number of nitrogens with zero attached hydrogens (tertiary/aromatic N) is 1. The molecule has 0 aliphatic heterocycles. The number of benzene rings is 2. The maximum Gasteiger partial charge on any atom is 0.291 e. The molecule has 0 saturated carbocycles. The predicted octanol–water partition coefficient (Wildman–Crippen LogP) is 5.44. The molecule has 0 fully saturated rings. The van der Waals surface area contributed by atoms with Gasteiger partial charge in [0.2, 0.25) is 0 Å². The number of fused-ring (bicyclic) bond motifs is 1. The maximum atomic E-state index is 12.6. The van der Waals surface area contributed by atoms with Gasteiger partial charge in [0.1, 0.15) is 11.3 Å². The van der Waals surface area contributed by atoms with Crippen LogP contribution in [0.25, 0.3) is 11.0 Å². The number of nitrogens with one attached hydrogen (secondary N) is 1. The van der Waals surface area contributed by atoms with Gasteiger partial charge < -0.3 is 14.5 Å². The molecule has 0 spiro atoms. The summed E-state index contributed by atoms with van der Waals surface area (Å²) in [6, 6.07) is 14.9. The number of anilines is 1. The number of nitriles is 1. The smallest absolute Gasteiger partial charge is 0.291 e. The lowest BCUT2D eigenvalue weighted by Crippen LogP contribution is -2.12. The van der Waals surface area contributed by atoms with E-state index in [1.54, 1.807) is 18.2 Å². The molecule has 0 unspecified atom stereocenters. The molecule has 132 valence electrons. The Balaban J connectivity index is 1.74. The van der Waals surface area contributed by atoms with Crippen LogP contribution in [-0.2, 0) is 0 Å². The highest BCUT2D eigenvalue weighted by Crippen LogP contribution is 2.29. The summed E-state index contributed by atoms with van der Waals surface area (Å²) in [5, 5.41) is 12.3. The second-order valence-corrected chi connectivity index (χ2v) is 6.70. The third-order valence-electron chi connectivity index (χ3n) is 3.90. The Bertz CT molecular complexity index is 988. The molecule has 1 N–H and O–H groups in total. The molecule has 0 aliphatic rings. The van der Waals surface area contributed by atoms with Crippen LogP contribution in [0.3, 0.4) is 0 Å². The zero-order valence-corrected chi connectivity index (χ0v) is 15.8. The summed E-state index contributed by atoms with van der Waals surface area (Å²) in [6.45, 7) is 2.32. The number of hydrogen-bond donors (Lipinski definition) is 1. The molecule has 0 saturated heterocycles. The van der Waals surface area contributed by atoms with E-state index in [1.807, 2.05) is 31.2 Å². The SMILES string of the molecule is Cc1c(C(=O)Nc2cccc(OCCCC#N)c2)oc2ccc(Br)cc12. The summed E-state index contributed by atoms with van der Waals surface area (Å²) in [6.07, 6.45) is 1.12. The molecule has 3 rings (SSSR count). The Hall–Kier alpha value is -2.78. The van der Waals surface area contributed by atoms with E-state index >= 15 is 0 Å². The number of carbonyl (C=O) groups excluding carboxylic acids is 1. The lowest BCUT2D eigenvalue weighted by atomic mass is 10.1. The van der Waals surface area contributed by atoms with E-state index < -0.39 is 0 Å². The van der Waals surface area contributed by atoms with Crippen molar-refractivity contribution in [3.63, 3.8) is 0 Å². The molecule has 0 aliphatic carbocycles. The molecule has 5 nitrogen and oxygen atoms in total. The van der Waals surface area contributed by atoms with Crippen LogP contribution >= 0.6 is 15.9 Å². The average Bonchev–Trinajstić information content (AvgIpc) is 2.96. The van der Waals surface area contributed by atoms with E-state index in [4.69, 9.17) is 14.4 Å². The molecular formula is C20H17BrN2O3. The Morgan fingerprint density at radius 2 is 2.15 bits per heavy atom. The first kappa shape index (κ1) is 18.0. The van der Waals surface area contributed by atoms with E-state index in [0.29, 0.717) is 42.2 Å². The van der Waals surface area contributed by atoms with E-state index in [2.05, 4.69) is 27.3 Å². The number of ether oxygens (including phenoxy) is 1. The highest BCUT2D eigenvalue weighted by molar-refractivity contribution is 9.10. The van der Waals surface area contributed by atoms with E-state index in [-0.39, 0.29) is 5.91 Å². The molecule has 1 heterocycles. The van der Waals surface area contributed by atoms with Crippen molar-refractivity contribution in [2.45, 2.75) is 19.8 Å². The van der Waals surface area contributed by atoms with Gasteiger partial charge in [-0.05, 0) is 43.7 Å². The first-order valence-corrected chi connectivity index (χ1v) is 8.97. The van der Waals surface area contributed by atoms with E-state index in [1.165, 1.54) is 0 Å². The number of unbranched alkanes of at least 4 members (excludes halogenated alkanes) is 1. The normalized spacial score (nSPS) is 10.5. The number of rotatable bonds is 6.